The van der Waals surface area contributed by atoms with E-state index in [2.05, 4.69) is 9.97 Å². The molecule has 1 amide bonds. The van der Waals surface area contributed by atoms with Crippen molar-refractivity contribution in [2.24, 2.45) is 0 Å². The van der Waals surface area contributed by atoms with Crippen LogP contribution in [0.1, 0.15) is 41.0 Å². The number of piperazine rings is 1. The number of aromatic nitrogens is 2. The lowest BCUT2D eigenvalue weighted by Gasteiger charge is -2.55. The van der Waals surface area contributed by atoms with Crippen molar-refractivity contribution >= 4 is 46.1 Å². The number of carbonyl (C=O) groups excluding carboxylic acids is 1. The number of fused-ring (bicyclic) bond motifs is 3. The van der Waals surface area contributed by atoms with E-state index in [1.807, 2.05) is 25.7 Å². The Bertz CT molecular complexity index is 1320. The topological polar surface area (TPSA) is 101 Å². The first-order chi connectivity index (χ1) is 17.1. The van der Waals surface area contributed by atoms with E-state index in [4.69, 9.17) is 25.5 Å². The van der Waals surface area contributed by atoms with E-state index < -0.39 is 23.1 Å². The van der Waals surface area contributed by atoms with Crippen LogP contribution in [0.15, 0.2) is 22.1 Å². The van der Waals surface area contributed by atoms with Gasteiger partial charge in [-0.25, -0.2) is 9.78 Å². The minimum absolute atomic E-state index is 0.0140. The summed E-state index contributed by atoms with van der Waals surface area (Å²) in [5, 5.41) is 12.1. The lowest BCUT2D eigenvalue weighted by Crippen LogP contribution is -2.70. The maximum Gasteiger partial charge on any atom is 0.426 e. The molecular weight excluding hydrogens is 530 g/mol. The molecule has 2 atom stereocenters. The summed E-state index contributed by atoms with van der Waals surface area (Å²) < 4.78 is 46.0. The van der Waals surface area contributed by atoms with Crippen molar-refractivity contribution in [3.05, 3.63) is 22.7 Å². The van der Waals surface area contributed by atoms with E-state index >= 15 is 0 Å². The quantitative estimate of drug-likeness (QED) is 0.437. The summed E-state index contributed by atoms with van der Waals surface area (Å²) in [6, 6.07) is 1.43. The highest BCUT2D eigenvalue weighted by Crippen LogP contribution is 2.46. The summed E-state index contributed by atoms with van der Waals surface area (Å²) in [6.45, 7) is 8.18. The van der Waals surface area contributed by atoms with Crippen LogP contribution in [0, 0.1) is 0 Å². The third kappa shape index (κ3) is 4.70. The molecule has 0 spiro atoms. The highest BCUT2D eigenvalue weighted by Gasteiger charge is 2.51. The Balaban J connectivity index is 1.50. The Morgan fingerprint density at radius 3 is 2.49 bits per heavy atom. The molecule has 13 heteroatoms. The number of hydrogen-bond donors (Lipinski definition) is 1. The number of ether oxygens (including phenoxy) is 2. The predicted octanol–water partition coefficient (Wildman–Crippen LogP) is 5.55. The summed E-state index contributed by atoms with van der Waals surface area (Å²) in [4.78, 5) is 25.0. The van der Waals surface area contributed by atoms with Crippen molar-refractivity contribution < 1.29 is 32.6 Å². The van der Waals surface area contributed by atoms with Crippen LogP contribution in [0.4, 0.5) is 19.6 Å². The van der Waals surface area contributed by atoms with Gasteiger partial charge >= 0.3 is 12.2 Å². The lowest BCUT2D eigenvalue weighted by molar-refractivity contribution is -0.275. The van der Waals surface area contributed by atoms with E-state index in [0.717, 1.165) is 20.3 Å². The van der Waals surface area contributed by atoms with Crippen LogP contribution in [0.5, 0.6) is 5.75 Å². The summed E-state index contributed by atoms with van der Waals surface area (Å²) in [7, 11) is 0. The molecule has 3 saturated heterocycles. The van der Waals surface area contributed by atoms with E-state index in [1.54, 1.807) is 16.5 Å². The average Bonchev–Trinajstić information content (AvgIpc) is 3.44. The number of benzene rings is 1. The fourth-order valence-electron chi connectivity index (χ4n) is 4.40. The van der Waals surface area contributed by atoms with E-state index in [0.29, 0.717) is 23.7 Å². The number of hydrogen-bond acceptors (Lipinski definition) is 9. The van der Waals surface area contributed by atoms with Gasteiger partial charge in [-0.1, -0.05) is 11.6 Å². The predicted molar refractivity (Wildman–Crippen MR) is 134 cm³/mol. The van der Waals surface area contributed by atoms with Crippen LogP contribution in [0.25, 0.3) is 21.7 Å². The number of rotatable bonds is 5. The number of halogens is 3. The van der Waals surface area contributed by atoms with Crippen molar-refractivity contribution in [3.63, 3.8) is 0 Å². The van der Waals surface area contributed by atoms with Crippen molar-refractivity contribution in [3.8, 4) is 16.3 Å². The second-order valence-electron chi connectivity index (χ2n) is 10.8. The molecule has 0 saturated carbocycles. The molecular formula is C24H27ClF2N4O5S. The van der Waals surface area contributed by atoms with Crippen LogP contribution in [0.3, 0.4) is 0 Å². The minimum Gasteiger partial charge on any atom is -0.444 e. The van der Waals surface area contributed by atoms with Crippen LogP contribution < -0.4 is 9.64 Å². The van der Waals surface area contributed by atoms with Crippen molar-refractivity contribution in [2.75, 3.05) is 18.0 Å². The summed E-state index contributed by atoms with van der Waals surface area (Å²) >= 11 is 7.72. The second-order valence-corrected chi connectivity index (χ2v) is 12.1. The first-order valence-corrected chi connectivity index (χ1v) is 13.0. The smallest absolute Gasteiger partial charge is 0.426 e. The van der Waals surface area contributed by atoms with Gasteiger partial charge in [0.15, 0.2) is 22.5 Å². The number of thiazole rings is 1. The first-order valence-electron chi connectivity index (χ1n) is 11.7. The monoisotopic (exact) mass is 556 g/mol. The molecule has 37 heavy (non-hydrogen) atoms. The Morgan fingerprint density at radius 1 is 1.24 bits per heavy atom. The molecule has 2 bridgehead atoms. The number of piperidine rings is 1. The molecule has 6 rings (SSSR count). The molecule has 2 unspecified atom stereocenters. The van der Waals surface area contributed by atoms with Gasteiger partial charge < -0.3 is 23.9 Å². The van der Waals surface area contributed by atoms with Gasteiger partial charge in [0, 0.05) is 24.7 Å². The van der Waals surface area contributed by atoms with Crippen LogP contribution >= 0.6 is 22.9 Å². The zero-order valence-electron chi connectivity index (χ0n) is 20.9. The van der Waals surface area contributed by atoms with Gasteiger partial charge in [-0.05, 0) is 47.1 Å². The van der Waals surface area contributed by atoms with E-state index in [9.17, 15) is 18.7 Å². The van der Waals surface area contributed by atoms with Gasteiger partial charge in [-0.15, -0.1) is 11.3 Å². The lowest BCUT2D eigenvalue weighted by atomic mass is 9.88. The van der Waals surface area contributed by atoms with Crippen LogP contribution in [-0.2, 0) is 4.74 Å². The maximum absolute atomic E-state index is 14.7. The highest BCUT2D eigenvalue weighted by atomic mass is 35.5. The average molecular weight is 557 g/mol. The normalized spacial score (nSPS) is 20.2. The largest absolute Gasteiger partial charge is 0.444 e. The van der Waals surface area contributed by atoms with Gasteiger partial charge in [0.25, 0.3) is 6.01 Å². The SMILES string of the molecule is CC(C)(C)OC(=O)N1C2CC1CN(c1nc3c(OC(F)(F)C(C)(C)O)c(Cl)cc(-c4nccs4)c3o1)C2. The Labute approximate surface area is 220 Å². The first kappa shape index (κ1) is 25.9. The van der Waals surface area contributed by atoms with Gasteiger partial charge in [0.1, 0.15) is 10.6 Å². The number of anilines is 1. The van der Waals surface area contributed by atoms with E-state index in [-0.39, 0.29) is 40.3 Å². The van der Waals surface area contributed by atoms with Crippen LogP contribution in [0.2, 0.25) is 5.02 Å². The van der Waals surface area contributed by atoms with Crippen molar-refractivity contribution in [1.82, 2.24) is 14.9 Å². The van der Waals surface area contributed by atoms with Gasteiger partial charge in [-0.2, -0.15) is 13.8 Å². The second kappa shape index (κ2) is 8.67. The third-order valence-electron chi connectivity index (χ3n) is 6.24. The summed E-state index contributed by atoms with van der Waals surface area (Å²) in [5.41, 5.74) is -2.44. The fraction of sp³-hybridized carbons (Fsp3) is 0.542. The molecule has 5 heterocycles. The standard InChI is InChI=1S/C24H27ClF2N4O5S/c1-22(2,3)36-21(32)31-12-8-13(31)11-30(10-12)20-29-16-17(34-20)14(19-28-6-7-37-19)9-15(25)18(16)35-24(26,27)23(4,5)33/h6-7,9,12-13,33H,8,10-11H2,1-5H3. The minimum atomic E-state index is -3.97. The van der Waals surface area contributed by atoms with Gasteiger partial charge in [0.05, 0.1) is 22.7 Å². The van der Waals surface area contributed by atoms with Crippen LogP contribution in [-0.4, -0.2) is 68.6 Å². The number of aliphatic hydroxyl groups is 1. The van der Waals surface area contributed by atoms with Gasteiger partial charge in [0.2, 0.25) is 0 Å². The molecule has 0 radical (unpaired) electrons. The molecule has 1 N–H and O–H groups in total. The molecule has 2 aromatic heterocycles. The highest BCUT2D eigenvalue weighted by molar-refractivity contribution is 7.13. The molecule has 3 fully saturated rings. The number of alkyl halides is 2. The van der Waals surface area contributed by atoms with Crippen molar-refractivity contribution in [2.45, 2.75) is 70.4 Å². The Kier molecular flexibility index (Phi) is 6.08. The number of carbonyl (C=O) groups is 1. The summed E-state index contributed by atoms with van der Waals surface area (Å²) in [6.07, 6.45) is -1.91. The molecule has 3 aliphatic rings. The fourth-order valence-corrected chi connectivity index (χ4v) is 5.28. The molecule has 3 aliphatic heterocycles. The molecule has 200 valence electrons. The van der Waals surface area contributed by atoms with Gasteiger partial charge in [-0.3, -0.25) is 4.90 Å². The Morgan fingerprint density at radius 2 is 1.92 bits per heavy atom. The maximum atomic E-state index is 14.7. The van der Waals surface area contributed by atoms with E-state index in [1.165, 1.54) is 17.4 Å². The molecule has 9 nitrogen and oxygen atoms in total. The number of amides is 1. The molecule has 3 aromatic rings. The van der Waals surface area contributed by atoms with Crippen molar-refractivity contribution in [1.29, 1.82) is 0 Å². The zero-order chi connectivity index (χ0) is 26.9. The number of oxazole rings is 1. The molecule has 1 aromatic carbocycles. The molecule has 0 aliphatic carbocycles. The zero-order valence-corrected chi connectivity index (χ0v) is 22.5. The number of nitrogens with zero attached hydrogens (tertiary/aromatic N) is 4. The third-order valence-corrected chi connectivity index (χ3v) is 7.32. The summed E-state index contributed by atoms with van der Waals surface area (Å²) in [5.74, 6) is -0.406. The Hall–Kier alpha value is -2.70.